The molecule has 3 atom stereocenters. The van der Waals surface area contributed by atoms with Gasteiger partial charge < -0.3 is 0 Å². The van der Waals surface area contributed by atoms with Gasteiger partial charge in [-0.1, -0.05) is 162 Å². The molecule has 1 fully saturated rings. The third-order valence-corrected chi connectivity index (χ3v) is 7.60. The van der Waals surface area contributed by atoms with Gasteiger partial charge in [-0.2, -0.15) is 0 Å². The van der Waals surface area contributed by atoms with Crippen LogP contribution < -0.4 is 0 Å². The molecular weight excluding hydrogens is 348 g/mol. The highest BCUT2D eigenvalue weighted by atomic mass is 14.4. The van der Waals surface area contributed by atoms with E-state index in [0.29, 0.717) is 0 Å². The van der Waals surface area contributed by atoms with E-state index >= 15 is 0 Å². The van der Waals surface area contributed by atoms with Crippen LogP contribution in [-0.4, -0.2) is 0 Å². The lowest BCUT2D eigenvalue weighted by Crippen LogP contribution is -2.00. The van der Waals surface area contributed by atoms with Crippen molar-refractivity contribution >= 4 is 0 Å². The monoisotopic (exact) mass is 406 g/mol. The van der Waals surface area contributed by atoms with Gasteiger partial charge >= 0.3 is 0 Å². The van der Waals surface area contributed by atoms with Crippen molar-refractivity contribution < 1.29 is 0 Å². The smallest absolute Gasteiger partial charge is 0.0383 e. The highest BCUT2D eigenvalue weighted by Crippen LogP contribution is 2.45. The van der Waals surface area contributed by atoms with Gasteiger partial charge in [-0.3, -0.25) is 0 Å². The molecule has 0 aliphatic heterocycles. The van der Waals surface area contributed by atoms with Crippen LogP contribution in [0.15, 0.2) is 0 Å². The first-order valence-corrected chi connectivity index (χ1v) is 14.3. The molecule has 0 saturated heterocycles. The molecule has 1 saturated carbocycles. The van der Waals surface area contributed by atoms with E-state index in [2.05, 4.69) is 20.8 Å². The molecule has 1 rings (SSSR count). The molecule has 0 heteroatoms. The summed E-state index contributed by atoms with van der Waals surface area (Å²) in [5.41, 5.74) is 0. The Hall–Kier alpha value is 0. The minimum Gasteiger partial charge on any atom is -0.0654 e. The molecule has 0 radical (unpaired) electrons. The predicted octanol–water partition coefficient (Wildman–Crippen LogP) is 10.9. The minimum atomic E-state index is 1.04. The number of hydrogen-bond donors (Lipinski definition) is 0. The van der Waals surface area contributed by atoms with Crippen LogP contribution in [0.1, 0.15) is 168 Å². The summed E-state index contributed by atoms with van der Waals surface area (Å²) >= 11 is 0. The fourth-order valence-corrected chi connectivity index (χ4v) is 5.45. The molecular formula is C29H58. The number of unbranched alkanes of at least 4 members (excludes halogenated alkanes) is 13. The van der Waals surface area contributed by atoms with E-state index in [1.165, 1.54) is 128 Å². The molecule has 0 amide bonds. The molecule has 174 valence electrons. The van der Waals surface area contributed by atoms with Crippen LogP contribution in [0.3, 0.4) is 0 Å². The lowest BCUT2D eigenvalue weighted by molar-refractivity contribution is 0.376. The van der Waals surface area contributed by atoms with Crippen LogP contribution in [0.2, 0.25) is 0 Å². The standard InChI is InChI=1S/C29H58/c1-4-7-9-11-12-14-17-22-27(21-6-3)23-18-15-13-16-20-25-29-26-28(29)24-19-10-8-5-2/h27-29H,4-26H2,1-3H3. The fraction of sp³-hybridized carbons (Fsp3) is 1.00. The van der Waals surface area contributed by atoms with Gasteiger partial charge in [0.2, 0.25) is 0 Å². The summed E-state index contributed by atoms with van der Waals surface area (Å²) in [5.74, 6) is 3.30. The van der Waals surface area contributed by atoms with Crippen molar-refractivity contribution in [1.29, 1.82) is 0 Å². The first kappa shape index (κ1) is 27.0. The summed E-state index contributed by atoms with van der Waals surface area (Å²) in [6.07, 6.45) is 34.2. The second-order valence-electron chi connectivity index (χ2n) is 10.5. The maximum Gasteiger partial charge on any atom is -0.0383 e. The van der Waals surface area contributed by atoms with Gasteiger partial charge in [-0.05, 0) is 24.2 Å². The van der Waals surface area contributed by atoms with E-state index in [-0.39, 0.29) is 0 Å². The Morgan fingerprint density at radius 3 is 1.34 bits per heavy atom. The Morgan fingerprint density at radius 2 is 0.862 bits per heavy atom. The summed E-state index contributed by atoms with van der Waals surface area (Å²) in [6.45, 7) is 7.02. The summed E-state index contributed by atoms with van der Waals surface area (Å²) in [4.78, 5) is 0. The third kappa shape index (κ3) is 16.4. The Bertz CT molecular complexity index is 320. The molecule has 0 nitrogen and oxygen atoms in total. The van der Waals surface area contributed by atoms with Crippen molar-refractivity contribution in [3.8, 4) is 0 Å². The van der Waals surface area contributed by atoms with Gasteiger partial charge in [-0.15, -0.1) is 0 Å². The van der Waals surface area contributed by atoms with Crippen LogP contribution in [0, 0.1) is 17.8 Å². The largest absolute Gasteiger partial charge is 0.0654 e. The van der Waals surface area contributed by atoms with Crippen molar-refractivity contribution in [2.24, 2.45) is 17.8 Å². The van der Waals surface area contributed by atoms with Crippen LogP contribution in [0.4, 0.5) is 0 Å². The third-order valence-electron chi connectivity index (χ3n) is 7.60. The molecule has 0 spiro atoms. The second-order valence-corrected chi connectivity index (χ2v) is 10.5. The quantitative estimate of drug-likeness (QED) is 0.148. The van der Waals surface area contributed by atoms with Crippen LogP contribution in [0.5, 0.6) is 0 Å². The zero-order chi connectivity index (χ0) is 21.0. The molecule has 0 heterocycles. The van der Waals surface area contributed by atoms with Crippen LogP contribution >= 0.6 is 0 Å². The highest BCUT2D eigenvalue weighted by Gasteiger charge is 2.34. The minimum absolute atomic E-state index is 1.04. The van der Waals surface area contributed by atoms with Crippen LogP contribution in [0.25, 0.3) is 0 Å². The SMILES string of the molecule is CCCCCCCCCC(CCC)CCCCCCCC1CC1CCCCCC. The van der Waals surface area contributed by atoms with E-state index in [9.17, 15) is 0 Å². The molecule has 29 heavy (non-hydrogen) atoms. The average Bonchev–Trinajstić information content (AvgIpc) is 3.47. The lowest BCUT2D eigenvalue weighted by atomic mass is 9.90. The van der Waals surface area contributed by atoms with Gasteiger partial charge in [0.05, 0.1) is 0 Å². The molecule has 1 aliphatic carbocycles. The first-order chi connectivity index (χ1) is 14.3. The molecule has 0 N–H and O–H groups in total. The van der Waals surface area contributed by atoms with E-state index in [0.717, 1.165) is 17.8 Å². The Morgan fingerprint density at radius 1 is 0.448 bits per heavy atom. The fourth-order valence-electron chi connectivity index (χ4n) is 5.45. The van der Waals surface area contributed by atoms with Crippen LogP contribution in [-0.2, 0) is 0 Å². The Kier molecular flexibility index (Phi) is 18.6. The lowest BCUT2D eigenvalue weighted by Gasteiger charge is -2.16. The van der Waals surface area contributed by atoms with Crippen molar-refractivity contribution in [1.82, 2.24) is 0 Å². The topological polar surface area (TPSA) is 0 Å². The molecule has 3 unspecified atom stereocenters. The van der Waals surface area contributed by atoms with Crippen molar-refractivity contribution in [3.63, 3.8) is 0 Å². The van der Waals surface area contributed by atoms with Gasteiger partial charge in [-0.25, -0.2) is 0 Å². The molecule has 0 aromatic heterocycles. The summed E-state index contributed by atoms with van der Waals surface area (Å²) < 4.78 is 0. The molecule has 0 aromatic carbocycles. The molecule has 0 bridgehead atoms. The van der Waals surface area contributed by atoms with Gasteiger partial charge in [0.15, 0.2) is 0 Å². The zero-order valence-electron chi connectivity index (χ0n) is 21.0. The van der Waals surface area contributed by atoms with E-state index in [4.69, 9.17) is 0 Å². The Labute approximate surface area is 186 Å². The van der Waals surface area contributed by atoms with Crippen molar-refractivity contribution in [3.05, 3.63) is 0 Å². The van der Waals surface area contributed by atoms with Gasteiger partial charge in [0.25, 0.3) is 0 Å². The maximum absolute atomic E-state index is 2.38. The number of rotatable bonds is 23. The highest BCUT2D eigenvalue weighted by molar-refractivity contribution is 4.85. The Balaban J connectivity index is 1.87. The molecule has 0 aromatic rings. The second kappa shape index (κ2) is 19.9. The van der Waals surface area contributed by atoms with Gasteiger partial charge in [0.1, 0.15) is 0 Å². The van der Waals surface area contributed by atoms with E-state index in [1.807, 2.05) is 0 Å². The van der Waals surface area contributed by atoms with Crippen molar-refractivity contribution in [2.75, 3.05) is 0 Å². The maximum atomic E-state index is 2.38. The average molecular weight is 407 g/mol. The van der Waals surface area contributed by atoms with E-state index in [1.54, 1.807) is 19.3 Å². The summed E-state index contributed by atoms with van der Waals surface area (Å²) in [7, 11) is 0. The number of hydrogen-bond acceptors (Lipinski definition) is 0. The normalized spacial score (nSPS) is 19.6. The predicted molar refractivity (Wildman–Crippen MR) is 134 cm³/mol. The van der Waals surface area contributed by atoms with Crippen molar-refractivity contribution in [2.45, 2.75) is 168 Å². The zero-order valence-corrected chi connectivity index (χ0v) is 21.0. The summed E-state index contributed by atoms with van der Waals surface area (Å²) in [6, 6.07) is 0. The van der Waals surface area contributed by atoms with Gasteiger partial charge in [0, 0.05) is 0 Å². The first-order valence-electron chi connectivity index (χ1n) is 14.3. The van der Waals surface area contributed by atoms with E-state index < -0.39 is 0 Å². The molecule has 1 aliphatic rings. The summed E-state index contributed by atoms with van der Waals surface area (Å²) in [5, 5.41) is 0.